The SMILES string of the molecule is CCc1ccc([C@@H](C)NC(=O)COC(=O)CCC(=O)c2ccc(F)cc2)cc1. The van der Waals surface area contributed by atoms with Crippen LogP contribution in [0.5, 0.6) is 0 Å². The summed E-state index contributed by atoms with van der Waals surface area (Å²) in [5.41, 5.74) is 2.50. The Kier molecular flexibility index (Phi) is 7.87. The number of hydrogen-bond acceptors (Lipinski definition) is 4. The van der Waals surface area contributed by atoms with Crippen molar-refractivity contribution in [1.82, 2.24) is 5.32 Å². The first-order valence-electron chi connectivity index (χ1n) is 9.21. The number of benzene rings is 2. The quantitative estimate of drug-likeness (QED) is 0.527. The largest absolute Gasteiger partial charge is 0.456 e. The second-order valence-corrected chi connectivity index (χ2v) is 6.48. The summed E-state index contributed by atoms with van der Waals surface area (Å²) in [5, 5.41) is 2.77. The summed E-state index contributed by atoms with van der Waals surface area (Å²) in [5.74, 6) is -1.76. The van der Waals surface area contributed by atoms with Crippen molar-refractivity contribution in [3.63, 3.8) is 0 Å². The fraction of sp³-hybridized carbons (Fsp3) is 0.318. The van der Waals surface area contributed by atoms with Gasteiger partial charge in [-0.05, 0) is 48.7 Å². The van der Waals surface area contributed by atoms with Gasteiger partial charge in [0.2, 0.25) is 0 Å². The van der Waals surface area contributed by atoms with E-state index in [1.54, 1.807) is 0 Å². The van der Waals surface area contributed by atoms with Crippen LogP contribution in [0.3, 0.4) is 0 Å². The van der Waals surface area contributed by atoms with Gasteiger partial charge in [-0.2, -0.15) is 0 Å². The minimum absolute atomic E-state index is 0.0632. The zero-order valence-corrected chi connectivity index (χ0v) is 16.0. The highest BCUT2D eigenvalue weighted by atomic mass is 19.1. The number of nitrogens with one attached hydrogen (secondary N) is 1. The molecule has 0 bridgehead atoms. The summed E-state index contributed by atoms with van der Waals surface area (Å²) >= 11 is 0. The van der Waals surface area contributed by atoms with Gasteiger partial charge in [0, 0.05) is 12.0 Å². The fourth-order valence-electron chi connectivity index (χ4n) is 2.62. The molecule has 0 saturated heterocycles. The number of ether oxygens (including phenoxy) is 1. The Morgan fingerprint density at radius 2 is 1.64 bits per heavy atom. The number of carbonyl (C=O) groups is 3. The molecule has 0 aliphatic heterocycles. The summed E-state index contributed by atoms with van der Waals surface area (Å²) in [6.45, 7) is 3.52. The van der Waals surface area contributed by atoms with E-state index >= 15 is 0 Å². The highest BCUT2D eigenvalue weighted by molar-refractivity contribution is 5.97. The predicted molar refractivity (Wildman–Crippen MR) is 103 cm³/mol. The van der Waals surface area contributed by atoms with E-state index in [1.807, 2.05) is 31.2 Å². The number of carbonyl (C=O) groups excluding carboxylic acids is 3. The smallest absolute Gasteiger partial charge is 0.306 e. The molecule has 0 fully saturated rings. The van der Waals surface area contributed by atoms with E-state index in [4.69, 9.17) is 4.74 Å². The third-order valence-electron chi connectivity index (χ3n) is 4.35. The van der Waals surface area contributed by atoms with E-state index in [2.05, 4.69) is 12.2 Å². The molecule has 1 N–H and O–H groups in total. The minimum atomic E-state index is -0.634. The van der Waals surface area contributed by atoms with Crippen molar-refractivity contribution in [2.24, 2.45) is 0 Å². The number of ketones is 1. The standard InChI is InChI=1S/C22H24FNO4/c1-3-16-4-6-17(7-5-16)15(2)24-21(26)14-28-22(27)13-12-20(25)18-8-10-19(23)11-9-18/h4-11,15H,3,12-14H2,1-2H3,(H,24,26)/t15-/m1/s1. The Bertz CT molecular complexity index is 815. The Balaban J connectivity index is 1.71. The minimum Gasteiger partial charge on any atom is -0.456 e. The molecule has 1 amide bonds. The van der Waals surface area contributed by atoms with Gasteiger partial charge in [-0.3, -0.25) is 14.4 Å². The van der Waals surface area contributed by atoms with Gasteiger partial charge in [0.05, 0.1) is 12.5 Å². The van der Waals surface area contributed by atoms with Gasteiger partial charge in [-0.25, -0.2) is 4.39 Å². The highest BCUT2D eigenvalue weighted by Gasteiger charge is 2.14. The topological polar surface area (TPSA) is 72.5 Å². The zero-order chi connectivity index (χ0) is 20.5. The molecule has 0 saturated carbocycles. The van der Waals surface area contributed by atoms with Crippen molar-refractivity contribution < 1.29 is 23.5 Å². The van der Waals surface area contributed by atoms with Crippen LogP contribution >= 0.6 is 0 Å². The first-order valence-corrected chi connectivity index (χ1v) is 9.21. The number of amides is 1. The van der Waals surface area contributed by atoms with Gasteiger partial charge in [0.1, 0.15) is 5.82 Å². The Hall–Kier alpha value is -3.02. The number of halogens is 1. The molecule has 0 radical (unpaired) electrons. The maximum atomic E-state index is 12.8. The Labute approximate surface area is 163 Å². The van der Waals surface area contributed by atoms with Crippen LogP contribution in [0.1, 0.15) is 54.2 Å². The lowest BCUT2D eigenvalue weighted by Crippen LogP contribution is -2.31. The second kappa shape index (κ2) is 10.3. The van der Waals surface area contributed by atoms with Crippen LogP contribution in [0.25, 0.3) is 0 Å². The molecule has 0 aliphatic rings. The first-order chi connectivity index (χ1) is 13.4. The molecule has 1 atom stereocenters. The van der Waals surface area contributed by atoms with E-state index < -0.39 is 24.3 Å². The average Bonchev–Trinajstić information content (AvgIpc) is 2.71. The van der Waals surface area contributed by atoms with E-state index in [0.29, 0.717) is 5.56 Å². The number of esters is 1. The summed E-state index contributed by atoms with van der Waals surface area (Å²) < 4.78 is 17.8. The second-order valence-electron chi connectivity index (χ2n) is 6.48. The molecule has 2 aromatic carbocycles. The molecule has 28 heavy (non-hydrogen) atoms. The molecule has 6 heteroatoms. The van der Waals surface area contributed by atoms with Crippen molar-refractivity contribution in [2.45, 2.75) is 39.2 Å². The van der Waals surface area contributed by atoms with Gasteiger partial charge in [-0.15, -0.1) is 0 Å². The predicted octanol–water partition coefficient (Wildman–Crippen LogP) is 3.77. The maximum absolute atomic E-state index is 12.8. The van der Waals surface area contributed by atoms with Gasteiger partial charge in [0.15, 0.2) is 12.4 Å². The molecule has 0 spiro atoms. The van der Waals surface area contributed by atoms with Crippen molar-refractivity contribution >= 4 is 17.7 Å². The molecule has 5 nitrogen and oxygen atoms in total. The zero-order valence-electron chi connectivity index (χ0n) is 16.0. The van der Waals surface area contributed by atoms with Crippen molar-refractivity contribution in [3.8, 4) is 0 Å². The average molecular weight is 385 g/mol. The maximum Gasteiger partial charge on any atom is 0.306 e. The molecular weight excluding hydrogens is 361 g/mol. The van der Waals surface area contributed by atoms with E-state index in [1.165, 1.54) is 29.8 Å². The van der Waals surface area contributed by atoms with Gasteiger partial charge in [-0.1, -0.05) is 31.2 Å². The lowest BCUT2D eigenvalue weighted by atomic mass is 10.1. The van der Waals surface area contributed by atoms with Gasteiger partial charge >= 0.3 is 5.97 Å². The highest BCUT2D eigenvalue weighted by Crippen LogP contribution is 2.13. The normalized spacial score (nSPS) is 11.5. The summed E-state index contributed by atoms with van der Waals surface area (Å²) in [4.78, 5) is 35.6. The number of rotatable bonds is 9. The summed E-state index contributed by atoms with van der Waals surface area (Å²) in [6.07, 6.45) is 0.740. The molecule has 0 aliphatic carbocycles. The van der Waals surface area contributed by atoms with Crippen molar-refractivity contribution in [1.29, 1.82) is 0 Å². The van der Waals surface area contributed by atoms with Crippen LogP contribution in [0.4, 0.5) is 4.39 Å². The third kappa shape index (κ3) is 6.61. The Morgan fingerprint density at radius 1 is 1.00 bits per heavy atom. The van der Waals surface area contributed by atoms with Crippen LogP contribution in [-0.2, 0) is 20.7 Å². The van der Waals surface area contributed by atoms with Crippen molar-refractivity contribution in [2.75, 3.05) is 6.61 Å². The summed E-state index contributed by atoms with van der Waals surface area (Å²) in [6, 6.07) is 12.8. The Morgan fingerprint density at radius 3 is 2.25 bits per heavy atom. The van der Waals surface area contributed by atoms with Crippen LogP contribution in [0, 0.1) is 5.82 Å². The summed E-state index contributed by atoms with van der Waals surface area (Å²) in [7, 11) is 0. The fourth-order valence-corrected chi connectivity index (χ4v) is 2.62. The van der Waals surface area contributed by atoms with Crippen molar-refractivity contribution in [3.05, 3.63) is 71.0 Å². The number of aryl methyl sites for hydroxylation is 1. The molecule has 0 aromatic heterocycles. The monoisotopic (exact) mass is 385 g/mol. The molecule has 148 valence electrons. The molecular formula is C22H24FNO4. The van der Waals surface area contributed by atoms with Gasteiger partial charge < -0.3 is 10.1 Å². The van der Waals surface area contributed by atoms with Crippen LogP contribution in [0.15, 0.2) is 48.5 Å². The lowest BCUT2D eigenvalue weighted by molar-refractivity contribution is -0.148. The number of Topliss-reactive ketones (excluding diaryl/α,β-unsaturated/α-hetero) is 1. The van der Waals surface area contributed by atoms with E-state index in [0.717, 1.165) is 12.0 Å². The van der Waals surface area contributed by atoms with Crippen LogP contribution < -0.4 is 5.32 Å². The number of hydrogen-bond donors (Lipinski definition) is 1. The van der Waals surface area contributed by atoms with Crippen LogP contribution in [0.2, 0.25) is 0 Å². The van der Waals surface area contributed by atoms with E-state index in [-0.39, 0.29) is 24.7 Å². The molecule has 0 heterocycles. The molecule has 2 rings (SSSR count). The molecule has 2 aromatic rings. The molecule has 0 unspecified atom stereocenters. The van der Waals surface area contributed by atoms with E-state index in [9.17, 15) is 18.8 Å². The van der Waals surface area contributed by atoms with Gasteiger partial charge in [0.25, 0.3) is 5.91 Å². The third-order valence-corrected chi connectivity index (χ3v) is 4.35. The first kappa shape index (κ1) is 21.3. The van der Waals surface area contributed by atoms with Crippen LogP contribution in [-0.4, -0.2) is 24.3 Å². The lowest BCUT2D eigenvalue weighted by Gasteiger charge is -2.15.